The van der Waals surface area contributed by atoms with Crippen molar-refractivity contribution in [1.29, 1.82) is 0 Å². The number of benzene rings is 2. The van der Waals surface area contributed by atoms with E-state index in [4.69, 9.17) is 19.4 Å². The van der Waals surface area contributed by atoms with Gasteiger partial charge in [0.05, 0.1) is 28.3 Å². The van der Waals surface area contributed by atoms with Crippen molar-refractivity contribution in [2.75, 3.05) is 32.2 Å². The van der Waals surface area contributed by atoms with E-state index >= 15 is 0 Å². The maximum Gasteiger partial charge on any atom is 0.265 e. The third-order valence-corrected chi connectivity index (χ3v) is 10.7. The van der Waals surface area contributed by atoms with Crippen LogP contribution in [-0.4, -0.2) is 61.4 Å². The predicted octanol–water partition coefficient (Wildman–Crippen LogP) is 4.08. The Morgan fingerprint density at radius 1 is 1.17 bits per heavy atom. The maximum absolute atomic E-state index is 13.3. The molecule has 1 saturated heterocycles. The van der Waals surface area contributed by atoms with Crippen molar-refractivity contribution in [2.24, 2.45) is 0 Å². The van der Waals surface area contributed by atoms with Crippen LogP contribution in [-0.2, 0) is 19.4 Å². The number of hydrogen-bond acceptors (Lipinski definition) is 10. The Bertz CT molecular complexity index is 1290. The van der Waals surface area contributed by atoms with Crippen LogP contribution in [0, 0.1) is 0 Å². The predicted molar refractivity (Wildman–Crippen MR) is 138 cm³/mol. The van der Waals surface area contributed by atoms with Crippen molar-refractivity contribution in [3.63, 3.8) is 0 Å². The topological polar surface area (TPSA) is 124 Å². The average Bonchev–Trinajstić information content (AvgIpc) is 3.31. The third-order valence-electron chi connectivity index (χ3n) is 5.90. The molecule has 1 aliphatic heterocycles. The highest BCUT2D eigenvalue weighted by Crippen LogP contribution is 2.36. The average molecular weight is 553 g/mol. The number of thiazole rings is 1. The van der Waals surface area contributed by atoms with Crippen molar-refractivity contribution < 1.29 is 32.6 Å². The monoisotopic (exact) mass is 552 g/mol. The SMILES string of the molecule is CCOc1ccc2sc(SCCCOc3ccc(S(=O)(=O)C4(C(=O)NO)CCOCC4)cc3)nc2c1. The molecule has 12 heteroatoms. The Kier molecular flexibility index (Phi) is 8.73. The minimum atomic E-state index is -4.05. The molecule has 2 aromatic carbocycles. The van der Waals surface area contributed by atoms with Gasteiger partial charge in [0.2, 0.25) is 0 Å². The number of hydrogen-bond donors (Lipinski definition) is 2. The minimum Gasteiger partial charge on any atom is -0.494 e. The fourth-order valence-electron chi connectivity index (χ4n) is 3.97. The zero-order valence-electron chi connectivity index (χ0n) is 19.8. The van der Waals surface area contributed by atoms with Crippen molar-refractivity contribution in [1.82, 2.24) is 10.5 Å². The molecule has 0 unspecified atom stereocenters. The van der Waals surface area contributed by atoms with Crippen LogP contribution in [0.1, 0.15) is 26.2 Å². The number of nitrogens with one attached hydrogen (secondary N) is 1. The lowest BCUT2D eigenvalue weighted by atomic mass is 9.98. The molecule has 0 atom stereocenters. The van der Waals surface area contributed by atoms with E-state index in [2.05, 4.69) is 4.98 Å². The standard InChI is InChI=1S/C24H28N2O7S3/c1-2-32-18-6-9-21-20(16-18)25-23(35-21)34-15-3-12-33-17-4-7-19(8-5-17)36(29,30)24(22(27)26-28)10-13-31-14-11-24/h4-9,16,28H,2-3,10-15H2,1H3,(H,26,27). The van der Waals surface area contributed by atoms with Crippen molar-refractivity contribution in [3.8, 4) is 11.5 Å². The zero-order chi connectivity index (χ0) is 25.6. The first-order valence-corrected chi connectivity index (χ1v) is 14.8. The molecule has 36 heavy (non-hydrogen) atoms. The van der Waals surface area contributed by atoms with Crippen LogP contribution in [0.2, 0.25) is 0 Å². The van der Waals surface area contributed by atoms with Crippen LogP contribution < -0.4 is 15.0 Å². The number of sulfone groups is 1. The number of amides is 1. The highest BCUT2D eigenvalue weighted by molar-refractivity contribution is 8.01. The molecule has 0 bridgehead atoms. The molecule has 194 valence electrons. The first-order chi connectivity index (χ1) is 17.4. The molecule has 3 aromatic rings. The third kappa shape index (κ3) is 5.62. The summed E-state index contributed by atoms with van der Waals surface area (Å²) in [5.74, 6) is 1.24. The van der Waals surface area contributed by atoms with Crippen molar-refractivity contribution in [2.45, 2.75) is 40.2 Å². The van der Waals surface area contributed by atoms with Gasteiger partial charge in [-0.1, -0.05) is 11.8 Å². The molecule has 2 heterocycles. The lowest BCUT2D eigenvalue weighted by Crippen LogP contribution is -2.54. The Balaban J connectivity index is 1.30. The fourth-order valence-corrected chi connectivity index (χ4v) is 7.95. The number of hydroxylamine groups is 1. The van der Waals surface area contributed by atoms with Gasteiger partial charge in [0.1, 0.15) is 11.5 Å². The molecule has 2 N–H and O–H groups in total. The highest BCUT2D eigenvalue weighted by Gasteiger charge is 2.52. The van der Waals surface area contributed by atoms with Crippen LogP contribution in [0.4, 0.5) is 0 Å². The van der Waals surface area contributed by atoms with Gasteiger partial charge in [-0.3, -0.25) is 10.0 Å². The number of ether oxygens (including phenoxy) is 3. The van der Waals surface area contributed by atoms with Gasteiger partial charge in [0.15, 0.2) is 18.9 Å². The quantitative estimate of drug-likeness (QED) is 0.157. The summed E-state index contributed by atoms with van der Waals surface area (Å²) >= 11 is 3.31. The van der Waals surface area contributed by atoms with E-state index in [1.54, 1.807) is 35.2 Å². The van der Waals surface area contributed by atoms with Crippen LogP contribution in [0.25, 0.3) is 10.2 Å². The number of fused-ring (bicyclic) bond motifs is 1. The molecular formula is C24H28N2O7S3. The van der Waals surface area contributed by atoms with E-state index in [-0.39, 0.29) is 31.0 Å². The summed E-state index contributed by atoms with van der Waals surface area (Å²) in [5, 5.41) is 9.15. The smallest absolute Gasteiger partial charge is 0.265 e. The van der Waals surface area contributed by atoms with Crippen molar-refractivity contribution in [3.05, 3.63) is 42.5 Å². The molecule has 1 fully saturated rings. The van der Waals surface area contributed by atoms with Crippen LogP contribution in [0.15, 0.2) is 51.7 Å². The van der Waals surface area contributed by atoms with E-state index in [1.165, 1.54) is 17.6 Å². The number of carbonyl (C=O) groups excluding carboxylic acids is 1. The van der Waals surface area contributed by atoms with Crippen LogP contribution in [0.3, 0.4) is 0 Å². The van der Waals surface area contributed by atoms with Crippen LogP contribution in [0.5, 0.6) is 11.5 Å². The molecule has 1 aliphatic rings. The fraction of sp³-hybridized carbons (Fsp3) is 0.417. The first-order valence-electron chi connectivity index (χ1n) is 11.6. The summed E-state index contributed by atoms with van der Waals surface area (Å²) in [6.45, 7) is 3.28. The number of aromatic nitrogens is 1. The molecule has 0 aliphatic carbocycles. The molecule has 1 amide bonds. The Hall–Kier alpha value is -2.38. The van der Waals surface area contributed by atoms with Crippen LogP contribution >= 0.6 is 23.1 Å². The number of rotatable bonds is 11. The Morgan fingerprint density at radius 2 is 1.89 bits per heavy atom. The lowest BCUT2D eigenvalue weighted by molar-refractivity contribution is -0.134. The van der Waals surface area contributed by atoms with Gasteiger partial charge in [-0.25, -0.2) is 18.9 Å². The van der Waals surface area contributed by atoms with Gasteiger partial charge in [0.25, 0.3) is 5.91 Å². The normalized spacial score (nSPS) is 15.5. The number of thioether (sulfide) groups is 1. The summed E-state index contributed by atoms with van der Waals surface area (Å²) < 4.78 is 43.5. The van der Waals surface area contributed by atoms with E-state index < -0.39 is 20.5 Å². The summed E-state index contributed by atoms with van der Waals surface area (Å²) in [6.07, 6.45) is 0.727. The Morgan fingerprint density at radius 3 is 2.58 bits per heavy atom. The summed E-state index contributed by atoms with van der Waals surface area (Å²) in [7, 11) is -4.05. The highest BCUT2D eigenvalue weighted by atomic mass is 32.2. The summed E-state index contributed by atoms with van der Waals surface area (Å²) in [4.78, 5) is 17.0. The molecular weight excluding hydrogens is 524 g/mol. The molecule has 4 rings (SSSR count). The van der Waals surface area contributed by atoms with Gasteiger partial charge < -0.3 is 14.2 Å². The summed E-state index contributed by atoms with van der Waals surface area (Å²) in [6, 6.07) is 11.9. The van der Waals surface area contributed by atoms with E-state index in [0.29, 0.717) is 19.0 Å². The Labute approximate surface area is 218 Å². The molecule has 0 spiro atoms. The number of nitrogens with zero attached hydrogens (tertiary/aromatic N) is 1. The van der Waals surface area contributed by atoms with Gasteiger partial charge >= 0.3 is 0 Å². The maximum atomic E-state index is 13.3. The summed E-state index contributed by atoms with van der Waals surface area (Å²) in [5.41, 5.74) is 2.45. The zero-order valence-corrected chi connectivity index (χ0v) is 22.2. The van der Waals surface area contributed by atoms with Gasteiger partial charge in [0, 0.05) is 25.0 Å². The van der Waals surface area contributed by atoms with Gasteiger partial charge in [-0.05, 0) is 62.6 Å². The number of carbonyl (C=O) groups is 1. The second kappa shape index (κ2) is 11.8. The minimum absolute atomic E-state index is 0.000708. The lowest BCUT2D eigenvalue weighted by Gasteiger charge is -2.34. The van der Waals surface area contributed by atoms with Gasteiger partial charge in [-0.15, -0.1) is 11.3 Å². The van der Waals surface area contributed by atoms with Crippen molar-refractivity contribution >= 4 is 49.1 Å². The van der Waals surface area contributed by atoms with Gasteiger partial charge in [-0.2, -0.15) is 0 Å². The molecule has 0 saturated carbocycles. The molecule has 9 nitrogen and oxygen atoms in total. The molecule has 0 radical (unpaired) electrons. The second-order valence-corrected chi connectivity index (χ2v) is 12.7. The van der Waals surface area contributed by atoms with E-state index in [9.17, 15) is 13.2 Å². The first kappa shape index (κ1) is 26.7. The second-order valence-electron chi connectivity index (χ2n) is 8.12. The van der Waals surface area contributed by atoms with E-state index in [1.807, 2.05) is 25.1 Å². The van der Waals surface area contributed by atoms with E-state index in [0.717, 1.165) is 32.5 Å². The molecule has 1 aromatic heterocycles. The largest absolute Gasteiger partial charge is 0.494 e.